The van der Waals surface area contributed by atoms with E-state index in [1.165, 1.54) is 12.1 Å². The van der Waals surface area contributed by atoms with Gasteiger partial charge in [0.2, 0.25) is 0 Å². The van der Waals surface area contributed by atoms with Crippen LogP contribution in [-0.2, 0) is 0 Å². The van der Waals surface area contributed by atoms with Crippen LogP contribution in [0.15, 0.2) is 41.2 Å². The Balaban J connectivity index is 1.40. The summed E-state index contributed by atoms with van der Waals surface area (Å²) in [7, 11) is 6.39. The summed E-state index contributed by atoms with van der Waals surface area (Å²) in [4.78, 5) is 31.8. The first kappa shape index (κ1) is 24.3. The smallest absolute Gasteiger partial charge is 0.261 e. The van der Waals surface area contributed by atoms with Crippen LogP contribution in [0, 0.1) is 5.92 Å². The van der Waals surface area contributed by atoms with E-state index in [9.17, 15) is 4.79 Å². The number of imidazole rings is 1. The molecule has 2 fully saturated rings. The maximum Gasteiger partial charge on any atom is 0.261 e. The fourth-order valence-electron chi connectivity index (χ4n) is 5.94. The number of H-pyrrole nitrogens is 2. The molecule has 2 aromatic carbocycles. The van der Waals surface area contributed by atoms with Crippen molar-refractivity contribution >= 4 is 44.9 Å². The lowest BCUT2D eigenvalue weighted by molar-refractivity contribution is 0.340. The van der Waals surface area contributed by atoms with Crippen LogP contribution >= 0.6 is 11.6 Å². The number of benzene rings is 2. The molecular weight excluding hydrogens is 486 g/mol. The van der Waals surface area contributed by atoms with Crippen molar-refractivity contribution in [3.63, 3.8) is 0 Å². The van der Waals surface area contributed by atoms with Crippen molar-refractivity contribution in [1.82, 2.24) is 24.8 Å². The second kappa shape index (κ2) is 9.67. The number of aromatic nitrogens is 3. The Morgan fingerprint density at radius 2 is 1.95 bits per heavy atom. The summed E-state index contributed by atoms with van der Waals surface area (Å²) in [6.45, 7) is 5.16. The van der Waals surface area contributed by atoms with Gasteiger partial charge < -0.3 is 30.0 Å². The quantitative estimate of drug-likeness (QED) is 0.353. The van der Waals surface area contributed by atoms with Gasteiger partial charge in [-0.25, -0.2) is 4.98 Å². The van der Waals surface area contributed by atoms with E-state index < -0.39 is 0 Å². The largest absolute Gasteiger partial charge is 0.380 e. The van der Waals surface area contributed by atoms with Gasteiger partial charge in [0.05, 0.1) is 22.2 Å². The highest BCUT2D eigenvalue weighted by Gasteiger charge is 2.26. The Kier molecular flexibility index (Phi) is 6.34. The number of nitrogens with zero attached hydrogens (tertiary/aromatic N) is 4. The van der Waals surface area contributed by atoms with Crippen LogP contribution in [-0.4, -0.2) is 84.7 Å². The predicted octanol–water partition coefficient (Wildman–Crippen LogP) is 4.23. The molecule has 0 spiro atoms. The molecule has 1 unspecified atom stereocenters. The van der Waals surface area contributed by atoms with Gasteiger partial charge in [-0.1, -0.05) is 11.6 Å². The number of fused-ring (bicyclic) bond motifs is 2. The number of halogens is 1. The van der Waals surface area contributed by atoms with Crippen LogP contribution in [0.25, 0.3) is 33.3 Å². The fourth-order valence-corrected chi connectivity index (χ4v) is 6.12. The first-order valence-corrected chi connectivity index (χ1v) is 13.4. The molecule has 0 saturated carbocycles. The summed E-state index contributed by atoms with van der Waals surface area (Å²) in [5, 5.41) is 5.20. The molecule has 2 atom stereocenters. The van der Waals surface area contributed by atoms with Gasteiger partial charge in [0.15, 0.2) is 0 Å². The van der Waals surface area contributed by atoms with Gasteiger partial charge in [-0.15, -0.1) is 0 Å². The fraction of sp³-hybridized carbons (Fsp3) is 0.429. The van der Waals surface area contributed by atoms with E-state index in [0.717, 1.165) is 66.8 Å². The van der Waals surface area contributed by atoms with Crippen molar-refractivity contribution in [1.29, 1.82) is 0 Å². The second-order valence-corrected chi connectivity index (χ2v) is 11.4. The summed E-state index contributed by atoms with van der Waals surface area (Å²) in [6, 6.07) is 12.2. The topological polar surface area (TPSA) is 83.3 Å². The van der Waals surface area contributed by atoms with Crippen LogP contribution < -0.4 is 15.8 Å². The lowest BCUT2D eigenvalue weighted by Gasteiger charge is -2.20. The molecule has 2 aromatic heterocycles. The lowest BCUT2D eigenvalue weighted by atomic mass is 10.1. The SMILES string of the molecule is CN(C)CC1CCN(c2ccc3nc(-c4c(N[C@H]5CCN(C)C5)c5cc(Cl)ccc5[nH]c4=O)[nH]c3c2)C1. The maximum atomic E-state index is 13.4. The number of likely N-dealkylation sites (tertiary alicyclic amines) is 1. The molecule has 4 aromatic rings. The number of hydrogen-bond acceptors (Lipinski definition) is 6. The zero-order valence-corrected chi connectivity index (χ0v) is 22.4. The molecule has 3 N–H and O–H groups in total. The molecule has 4 heterocycles. The van der Waals surface area contributed by atoms with Crippen LogP contribution in [0.3, 0.4) is 0 Å². The average molecular weight is 520 g/mol. The first-order chi connectivity index (χ1) is 17.8. The van der Waals surface area contributed by atoms with E-state index in [2.05, 4.69) is 69.3 Å². The van der Waals surface area contributed by atoms with Gasteiger partial charge in [-0.05, 0) is 82.8 Å². The molecule has 37 heavy (non-hydrogen) atoms. The third kappa shape index (κ3) is 4.81. The van der Waals surface area contributed by atoms with Gasteiger partial charge >= 0.3 is 0 Å². The van der Waals surface area contributed by atoms with E-state index in [1.54, 1.807) is 6.07 Å². The molecule has 6 rings (SSSR count). The van der Waals surface area contributed by atoms with Crippen molar-refractivity contribution in [2.75, 3.05) is 64.1 Å². The highest BCUT2D eigenvalue weighted by Crippen LogP contribution is 2.34. The molecular formula is C28H34ClN7O. The van der Waals surface area contributed by atoms with Gasteiger partial charge in [0, 0.05) is 48.3 Å². The number of rotatable bonds is 6. The molecule has 0 radical (unpaired) electrons. The molecule has 2 aliphatic rings. The van der Waals surface area contributed by atoms with Crippen LogP contribution in [0.2, 0.25) is 5.02 Å². The average Bonchev–Trinajstić information content (AvgIpc) is 3.58. The predicted molar refractivity (Wildman–Crippen MR) is 153 cm³/mol. The zero-order chi connectivity index (χ0) is 25.7. The van der Waals surface area contributed by atoms with Gasteiger partial charge in [0.25, 0.3) is 5.56 Å². The first-order valence-electron chi connectivity index (χ1n) is 13.0. The van der Waals surface area contributed by atoms with Crippen molar-refractivity contribution < 1.29 is 0 Å². The number of anilines is 2. The Bertz CT molecular complexity index is 1510. The molecule has 0 bridgehead atoms. The van der Waals surface area contributed by atoms with Crippen molar-refractivity contribution in [3.05, 3.63) is 51.8 Å². The molecule has 2 aliphatic heterocycles. The number of aromatic amines is 2. The molecule has 2 saturated heterocycles. The molecule has 8 nitrogen and oxygen atoms in total. The van der Waals surface area contributed by atoms with Crippen LogP contribution in [0.1, 0.15) is 12.8 Å². The van der Waals surface area contributed by atoms with E-state index in [0.29, 0.717) is 22.3 Å². The van der Waals surface area contributed by atoms with Crippen molar-refractivity contribution in [2.24, 2.45) is 5.92 Å². The minimum absolute atomic E-state index is 0.172. The van der Waals surface area contributed by atoms with E-state index >= 15 is 0 Å². The standard InChI is InChI=1S/C28H34ClN7O/c1-34(2)14-17-8-11-36(15-17)20-5-7-23-24(13-20)32-27(31-23)25-26(30-19-9-10-35(3)16-19)21-12-18(29)4-6-22(21)33-28(25)37/h4-7,12-13,17,19H,8-11,14-16H2,1-3H3,(H,31,32)(H2,30,33,37)/t17?,19-/m0/s1. The van der Waals surface area contributed by atoms with Gasteiger partial charge in [-0.3, -0.25) is 4.79 Å². The molecule has 194 valence electrons. The Hall–Kier alpha value is -3.07. The Labute approximate surface area is 221 Å². The third-order valence-corrected chi connectivity index (χ3v) is 7.93. The van der Waals surface area contributed by atoms with Gasteiger partial charge in [-0.2, -0.15) is 0 Å². The third-order valence-electron chi connectivity index (χ3n) is 7.69. The van der Waals surface area contributed by atoms with Crippen LogP contribution in [0.5, 0.6) is 0 Å². The normalized spacial score (nSPS) is 20.6. The highest BCUT2D eigenvalue weighted by molar-refractivity contribution is 6.31. The van der Waals surface area contributed by atoms with Crippen molar-refractivity contribution in [2.45, 2.75) is 18.9 Å². The van der Waals surface area contributed by atoms with Crippen molar-refractivity contribution in [3.8, 4) is 11.4 Å². The summed E-state index contributed by atoms with van der Waals surface area (Å²) in [6.07, 6.45) is 2.21. The van der Waals surface area contributed by atoms with E-state index in [-0.39, 0.29) is 11.6 Å². The Morgan fingerprint density at radius 3 is 2.73 bits per heavy atom. The minimum Gasteiger partial charge on any atom is -0.380 e. The zero-order valence-electron chi connectivity index (χ0n) is 21.6. The number of nitrogens with one attached hydrogen (secondary N) is 3. The number of pyridine rings is 1. The number of likely N-dealkylation sites (N-methyl/N-ethyl adjacent to an activating group) is 1. The Morgan fingerprint density at radius 1 is 1.08 bits per heavy atom. The second-order valence-electron chi connectivity index (χ2n) is 10.9. The van der Waals surface area contributed by atoms with E-state index in [1.807, 2.05) is 12.1 Å². The van der Waals surface area contributed by atoms with Gasteiger partial charge in [0.1, 0.15) is 11.4 Å². The van der Waals surface area contributed by atoms with E-state index in [4.69, 9.17) is 16.6 Å². The minimum atomic E-state index is -0.172. The summed E-state index contributed by atoms with van der Waals surface area (Å²) < 4.78 is 0. The maximum absolute atomic E-state index is 13.4. The monoisotopic (exact) mass is 519 g/mol. The molecule has 0 aliphatic carbocycles. The molecule has 0 amide bonds. The number of hydrogen-bond donors (Lipinski definition) is 3. The summed E-state index contributed by atoms with van der Waals surface area (Å²) in [5.74, 6) is 1.24. The summed E-state index contributed by atoms with van der Waals surface area (Å²) in [5.41, 5.74) is 4.86. The van der Waals surface area contributed by atoms with Crippen LogP contribution in [0.4, 0.5) is 11.4 Å². The highest BCUT2D eigenvalue weighted by atomic mass is 35.5. The molecule has 9 heteroatoms. The lowest BCUT2D eigenvalue weighted by Crippen LogP contribution is -2.25. The summed E-state index contributed by atoms with van der Waals surface area (Å²) >= 11 is 6.39.